The zero-order chi connectivity index (χ0) is 62.8. The van der Waals surface area contributed by atoms with Crippen molar-refractivity contribution in [2.75, 3.05) is 60.8 Å². The molecule has 19 nitrogen and oxygen atoms in total. The van der Waals surface area contributed by atoms with Gasteiger partial charge in [-0.05, 0) is 175 Å². The summed E-state index contributed by atoms with van der Waals surface area (Å²) in [6.45, 7) is -0.703. The van der Waals surface area contributed by atoms with E-state index in [0.717, 1.165) is 31.3 Å². The van der Waals surface area contributed by atoms with Gasteiger partial charge in [0.1, 0.15) is 0 Å². The molecule has 4 aliphatic heterocycles. The first-order valence-corrected chi connectivity index (χ1v) is 32.6. The number of aliphatic hydroxyl groups excluding tert-OH is 2. The number of fused-ring (bicyclic) bond motifs is 4. The third-order valence-electron chi connectivity index (χ3n) is 18.4. The summed E-state index contributed by atoms with van der Waals surface area (Å²) in [6, 6.07) is 38.6. The molecule has 12 aromatic rings. The van der Waals surface area contributed by atoms with Crippen LogP contribution >= 0.6 is 0 Å². The maximum atomic E-state index is 14.3. The number of ether oxygens (including phenoxy) is 1. The fraction of sp³-hybridized carbons (Fsp3) is 0.143. The molecule has 0 aliphatic carbocycles. The summed E-state index contributed by atoms with van der Waals surface area (Å²) in [6.07, 6.45) is 0.588. The predicted molar refractivity (Wildman–Crippen MR) is 340 cm³/mol. The van der Waals surface area contributed by atoms with Crippen molar-refractivity contribution in [2.45, 2.75) is 22.6 Å². The van der Waals surface area contributed by atoms with E-state index in [0.29, 0.717) is 99.7 Å². The monoisotopic (exact) mass is 1250 g/mol. The van der Waals surface area contributed by atoms with E-state index in [1.165, 1.54) is 58.3 Å². The van der Waals surface area contributed by atoms with Crippen molar-refractivity contribution < 1.29 is 70.1 Å². The number of carbonyl (C=O) groups excluding carboxylic acids is 8. The molecule has 0 spiro atoms. The molecule has 0 aromatic heterocycles. The van der Waals surface area contributed by atoms with Crippen molar-refractivity contribution in [1.82, 2.24) is 9.80 Å². The molecule has 0 saturated heterocycles. The van der Waals surface area contributed by atoms with Crippen molar-refractivity contribution in [1.29, 1.82) is 0 Å². The second-order valence-corrected chi connectivity index (χ2v) is 27.3. The minimum atomic E-state index is -3.78. The smallest absolute Gasteiger partial charge is 0.265 e. The molecular formula is C70H46N4O15S2. The number of hydrogen-bond acceptors (Lipinski definition) is 15. The molecule has 4 aliphatic rings. The number of carbonyl (C=O) groups is 8. The SMILES string of the molecule is O=C1c2ccc3c4ccc5c6c(ccc(c7ccc(c2c37)C(=O)N1CCCOCCCN1C(=O)c2ccc3c7ccc8c9c(ccc(c%10ccc(c2c3%10)C1=O)c97)C(=O)N(c1ccc(S(=O)(=O)CCO)cc1)C8=O)c64)C(=O)N(c1ccc(S(=O)(=O)CCO)cc1)C5=O. The molecule has 4 heterocycles. The minimum absolute atomic E-state index is 0.0474. The van der Waals surface area contributed by atoms with Crippen LogP contribution < -0.4 is 9.80 Å². The maximum absolute atomic E-state index is 14.3. The average molecular weight is 1250 g/mol. The first kappa shape index (κ1) is 55.9. The van der Waals surface area contributed by atoms with E-state index < -0.39 is 91.7 Å². The largest absolute Gasteiger partial charge is 0.395 e. The molecule has 0 saturated carbocycles. The normalized spacial score (nSPS) is 15.2. The van der Waals surface area contributed by atoms with Crippen molar-refractivity contribution in [3.63, 3.8) is 0 Å². The Bertz CT molecular complexity index is 5060. The van der Waals surface area contributed by atoms with Gasteiger partial charge in [0.25, 0.3) is 47.3 Å². The summed E-state index contributed by atoms with van der Waals surface area (Å²) in [7, 11) is -7.56. The number of nitrogens with zero attached hydrogens (tertiary/aromatic N) is 4. The number of benzene rings is 12. The molecule has 12 aromatic carbocycles. The zero-order valence-electron chi connectivity index (χ0n) is 47.7. The van der Waals surface area contributed by atoms with Gasteiger partial charge in [-0.1, -0.05) is 48.5 Å². The van der Waals surface area contributed by atoms with Crippen molar-refractivity contribution >= 4 is 164 Å². The average Bonchev–Trinajstić information content (AvgIpc) is 0.704. The number of rotatable bonds is 16. The van der Waals surface area contributed by atoms with Gasteiger partial charge in [0, 0.05) is 92.4 Å². The number of imide groups is 4. The summed E-state index contributed by atoms with van der Waals surface area (Å²) >= 11 is 0. The topological polar surface area (TPSA) is 267 Å². The first-order chi connectivity index (χ1) is 43.9. The van der Waals surface area contributed by atoms with Gasteiger partial charge in [-0.2, -0.15) is 0 Å². The molecule has 0 radical (unpaired) electrons. The van der Waals surface area contributed by atoms with E-state index in [9.17, 15) is 65.4 Å². The fourth-order valence-corrected chi connectivity index (χ4v) is 16.4. The van der Waals surface area contributed by atoms with E-state index >= 15 is 0 Å². The van der Waals surface area contributed by atoms with Crippen LogP contribution in [0.1, 0.15) is 95.7 Å². The fourth-order valence-electron chi connectivity index (χ4n) is 14.3. The Morgan fingerprint density at radius 1 is 0.297 bits per heavy atom. The van der Waals surface area contributed by atoms with Crippen molar-refractivity contribution in [3.05, 3.63) is 190 Å². The molecule has 0 atom stereocenters. The molecule has 91 heavy (non-hydrogen) atoms. The van der Waals surface area contributed by atoms with E-state index in [-0.39, 0.29) is 69.7 Å². The van der Waals surface area contributed by atoms with E-state index in [2.05, 4.69) is 0 Å². The van der Waals surface area contributed by atoms with E-state index in [1.54, 1.807) is 72.8 Å². The van der Waals surface area contributed by atoms with E-state index in [4.69, 9.17) is 4.74 Å². The van der Waals surface area contributed by atoms with Crippen LogP contribution in [0.3, 0.4) is 0 Å². The highest BCUT2D eigenvalue weighted by molar-refractivity contribution is 7.91. The lowest BCUT2D eigenvalue weighted by atomic mass is 9.82. The van der Waals surface area contributed by atoms with Gasteiger partial charge >= 0.3 is 0 Å². The van der Waals surface area contributed by atoms with Gasteiger partial charge < -0.3 is 14.9 Å². The molecule has 0 bridgehead atoms. The lowest BCUT2D eigenvalue weighted by molar-refractivity contribution is 0.0567. The molecule has 448 valence electrons. The number of aliphatic hydroxyl groups is 2. The van der Waals surface area contributed by atoms with Crippen LogP contribution in [0, 0.1) is 0 Å². The molecule has 2 N–H and O–H groups in total. The Balaban J connectivity index is 0.598. The number of hydrogen-bond donors (Lipinski definition) is 2. The summed E-state index contributed by atoms with van der Waals surface area (Å²) in [5.41, 5.74) is 2.79. The van der Waals surface area contributed by atoms with Crippen molar-refractivity contribution in [3.8, 4) is 0 Å². The molecule has 8 amide bonds. The van der Waals surface area contributed by atoms with Gasteiger partial charge in [0.2, 0.25) is 0 Å². The highest BCUT2D eigenvalue weighted by Gasteiger charge is 2.41. The third kappa shape index (κ3) is 7.81. The Morgan fingerprint density at radius 3 is 0.758 bits per heavy atom. The lowest BCUT2D eigenvalue weighted by Gasteiger charge is -2.30. The molecular weight excluding hydrogens is 1200 g/mol. The number of amides is 8. The van der Waals surface area contributed by atoms with Gasteiger partial charge in [-0.15, -0.1) is 0 Å². The standard InChI is InChI=1S/C70H46N4O15S2/c75-29-33-90(85,86)37-7-3-35(4-8-37)73-67(81)51-23-15-43-39-11-19-47-59-48(20-12-40(55(39)59)44-16-24-52(68(73)82)61(51)57(43)44)64(78)71(63(47)77)27-1-31-89-32-2-28-72-65(79)49-21-13-41-45-17-25-53-62-54(26-18-46(58(45)62)42-14-22-50(66(72)80)60(49)56(41)42)70(84)74(69(53)83)36-5-9-38(10-6-36)91(87,88)34-30-76/h3-26,75-76H,1-2,27-34H2. The summed E-state index contributed by atoms with van der Waals surface area (Å²) < 4.78 is 56.3. The highest BCUT2D eigenvalue weighted by atomic mass is 32.2. The molecule has 0 fully saturated rings. The Kier molecular flexibility index (Phi) is 12.3. The van der Waals surface area contributed by atoms with Crippen LogP contribution in [0.4, 0.5) is 11.4 Å². The molecule has 21 heteroatoms. The van der Waals surface area contributed by atoms with Gasteiger partial charge in [-0.3, -0.25) is 48.2 Å². The van der Waals surface area contributed by atoms with Crippen LogP contribution in [0.15, 0.2) is 155 Å². The van der Waals surface area contributed by atoms with Crippen LogP contribution in [0.2, 0.25) is 0 Å². The zero-order valence-corrected chi connectivity index (χ0v) is 49.4. The summed E-state index contributed by atoms with van der Waals surface area (Å²) in [5.74, 6) is -5.22. The van der Waals surface area contributed by atoms with Crippen LogP contribution in [-0.2, 0) is 24.4 Å². The number of anilines is 2. The molecule has 0 unspecified atom stereocenters. The Morgan fingerprint density at radius 2 is 0.527 bits per heavy atom. The lowest BCUT2D eigenvalue weighted by Crippen LogP contribution is -2.41. The van der Waals surface area contributed by atoms with Crippen molar-refractivity contribution in [2.24, 2.45) is 0 Å². The van der Waals surface area contributed by atoms with Crippen LogP contribution in [0.25, 0.3) is 86.2 Å². The second kappa shape index (κ2) is 20.0. The molecule has 16 rings (SSSR count). The van der Waals surface area contributed by atoms with E-state index in [1.807, 2.05) is 24.3 Å². The van der Waals surface area contributed by atoms with Crippen LogP contribution in [-0.4, -0.2) is 135 Å². The van der Waals surface area contributed by atoms with Gasteiger partial charge in [-0.25, -0.2) is 26.6 Å². The van der Waals surface area contributed by atoms with Gasteiger partial charge in [0.15, 0.2) is 19.7 Å². The van der Waals surface area contributed by atoms with Gasteiger partial charge in [0.05, 0.1) is 45.9 Å². The summed E-state index contributed by atoms with van der Waals surface area (Å²) in [4.78, 5) is 119. The summed E-state index contributed by atoms with van der Waals surface area (Å²) in [5, 5.41) is 28.9. The quantitative estimate of drug-likeness (QED) is 0.0394. The highest BCUT2D eigenvalue weighted by Crippen LogP contribution is 2.49. The second-order valence-electron chi connectivity index (χ2n) is 23.1. The predicted octanol–water partition coefficient (Wildman–Crippen LogP) is 9.61. The Labute approximate surface area is 515 Å². The first-order valence-electron chi connectivity index (χ1n) is 29.3. The minimum Gasteiger partial charge on any atom is -0.395 e. The van der Waals surface area contributed by atoms with Crippen LogP contribution in [0.5, 0.6) is 0 Å². The Hall–Kier alpha value is -10.4. The third-order valence-corrected chi connectivity index (χ3v) is 21.8. The number of sulfone groups is 2. The maximum Gasteiger partial charge on any atom is 0.265 e.